The highest BCUT2D eigenvalue weighted by atomic mass is 16.8. The highest BCUT2D eigenvalue weighted by Gasteiger charge is 2.59. The number of aliphatic carboxylic acids is 1. The van der Waals surface area contributed by atoms with Crippen molar-refractivity contribution in [3.63, 3.8) is 0 Å². The second-order valence-corrected chi connectivity index (χ2v) is 6.70. The summed E-state index contributed by atoms with van der Waals surface area (Å²) < 4.78 is 28.1. The van der Waals surface area contributed by atoms with E-state index in [0.717, 1.165) is 12.5 Å². The van der Waals surface area contributed by atoms with E-state index in [9.17, 15) is 14.7 Å². The third-order valence-corrected chi connectivity index (χ3v) is 4.15. The zero-order valence-electron chi connectivity index (χ0n) is 14.8. The number of carbonyl (C=O) groups excluding carboxylic acids is 1. The molecular formula is C18H22O8. The van der Waals surface area contributed by atoms with Crippen LogP contribution in [0.3, 0.4) is 0 Å². The molecule has 0 aliphatic carbocycles. The van der Waals surface area contributed by atoms with Gasteiger partial charge >= 0.3 is 11.9 Å². The fourth-order valence-electron chi connectivity index (χ4n) is 3.14. The normalized spacial score (nSPS) is 30.6. The van der Waals surface area contributed by atoms with Crippen molar-refractivity contribution in [2.24, 2.45) is 0 Å². The Hall–Kier alpha value is -2.00. The first-order chi connectivity index (χ1) is 12.3. The van der Waals surface area contributed by atoms with Crippen LogP contribution in [-0.2, 0) is 39.9 Å². The molecule has 0 bridgehead atoms. The minimum atomic E-state index is -1.52. The maximum Gasteiger partial charge on any atom is 0.347 e. The Morgan fingerprint density at radius 3 is 2.54 bits per heavy atom. The molecule has 0 spiro atoms. The van der Waals surface area contributed by atoms with Gasteiger partial charge in [-0.15, -0.1) is 0 Å². The van der Waals surface area contributed by atoms with Crippen molar-refractivity contribution >= 4 is 11.9 Å². The second kappa shape index (κ2) is 7.32. The lowest BCUT2D eigenvalue weighted by Gasteiger charge is -2.28. The van der Waals surface area contributed by atoms with Gasteiger partial charge in [-0.3, -0.25) is 4.79 Å². The molecule has 0 aromatic heterocycles. The fraction of sp³-hybridized carbons (Fsp3) is 0.556. The lowest BCUT2D eigenvalue weighted by Crippen LogP contribution is -2.47. The summed E-state index contributed by atoms with van der Waals surface area (Å²) in [5, 5.41) is 9.46. The average molecular weight is 366 g/mol. The van der Waals surface area contributed by atoms with E-state index in [1.807, 2.05) is 30.3 Å². The Morgan fingerprint density at radius 1 is 1.23 bits per heavy atom. The van der Waals surface area contributed by atoms with Crippen molar-refractivity contribution in [2.45, 2.75) is 63.9 Å². The molecule has 2 heterocycles. The standard InChI is InChI=1S/C18H22O8/c1-10(19)23-14(16(20)21)13-12(22-9-11-7-5-4-6-8-11)15-17(24-13)26-18(2,3)25-15/h4-8,12-15,17H,9H2,1-3H3,(H,20,21)/t12-,13-,14-,15+,17+/m0/s1. The van der Waals surface area contributed by atoms with E-state index in [4.69, 9.17) is 23.7 Å². The van der Waals surface area contributed by atoms with E-state index >= 15 is 0 Å². The number of benzene rings is 1. The highest BCUT2D eigenvalue weighted by molar-refractivity contribution is 5.77. The predicted octanol–water partition coefficient (Wildman–Crippen LogP) is 1.46. The number of esters is 1. The van der Waals surface area contributed by atoms with Gasteiger partial charge in [0, 0.05) is 6.92 Å². The summed E-state index contributed by atoms with van der Waals surface area (Å²) in [7, 11) is 0. The van der Waals surface area contributed by atoms with Crippen molar-refractivity contribution in [1.29, 1.82) is 0 Å². The molecule has 0 amide bonds. The molecule has 2 fully saturated rings. The Labute approximate surface area is 150 Å². The third-order valence-electron chi connectivity index (χ3n) is 4.15. The van der Waals surface area contributed by atoms with Crippen LogP contribution < -0.4 is 0 Å². The minimum absolute atomic E-state index is 0.227. The van der Waals surface area contributed by atoms with Gasteiger partial charge in [0.2, 0.25) is 6.10 Å². The van der Waals surface area contributed by atoms with Crippen LogP contribution in [0.15, 0.2) is 30.3 Å². The van der Waals surface area contributed by atoms with Gasteiger partial charge < -0.3 is 28.8 Å². The van der Waals surface area contributed by atoms with Gasteiger partial charge in [0.25, 0.3) is 0 Å². The molecule has 8 nitrogen and oxygen atoms in total. The maximum atomic E-state index is 11.6. The molecule has 1 aromatic rings. The molecule has 2 aliphatic heterocycles. The zero-order valence-corrected chi connectivity index (χ0v) is 14.8. The van der Waals surface area contributed by atoms with Crippen molar-refractivity contribution in [3.8, 4) is 0 Å². The average Bonchev–Trinajstić information content (AvgIpc) is 3.03. The molecule has 142 valence electrons. The molecule has 5 atom stereocenters. The molecular weight excluding hydrogens is 344 g/mol. The topological polar surface area (TPSA) is 101 Å². The summed E-state index contributed by atoms with van der Waals surface area (Å²) in [4.78, 5) is 22.9. The van der Waals surface area contributed by atoms with E-state index in [-0.39, 0.29) is 6.61 Å². The Morgan fingerprint density at radius 2 is 1.92 bits per heavy atom. The van der Waals surface area contributed by atoms with E-state index in [0.29, 0.717) is 0 Å². The van der Waals surface area contributed by atoms with Gasteiger partial charge in [0.05, 0.1) is 6.61 Å². The first-order valence-electron chi connectivity index (χ1n) is 8.33. The summed E-state index contributed by atoms with van der Waals surface area (Å²) in [5.41, 5.74) is 0.909. The van der Waals surface area contributed by atoms with Crippen LogP contribution in [0, 0.1) is 0 Å². The summed E-state index contributed by atoms with van der Waals surface area (Å²) in [6.07, 6.45) is -4.77. The number of hydrogen-bond acceptors (Lipinski definition) is 7. The van der Waals surface area contributed by atoms with Crippen molar-refractivity contribution in [3.05, 3.63) is 35.9 Å². The first-order valence-corrected chi connectivity index (χ1v) is 8.33. The number of rotatable bonds is 6. The molecule has 26 heavy (non-hydrogen) atoms. The summed E-state index contributed by atoms with van der Waals surface area (Å²) in [6, 6.07) is 9.42. The predicted molar refractivity (Wildman–Crippen MR) is 86.9 cm³/mol. The zero-order chi connectivity index (χ0) is 18.9. The molecule has 0 unspecified atom stereocenters. The number of carboxylic acid groups (broad SMARTS) is 1. The molecule has 1 aromatic carbocycles. The lowest BCUT2D eigenvalue weighted by molar-refractivity contribution is -0.234. The largest absolute Gasteiger partial charge is 0.478 e. The summed E-state index contributed by atoms with van der Waals surface area (Å²) in [6.45, 7) is 4.84. The molecule has 2 saturated heterocycles. The number of hydrogen-bond donors (Lipinski definition) is 1. The molecule has 8 heteroatoms. The van der Waals surface area contributed by atoms with Gasteiger partial charge in [-0.1, -0.05) is 30.3 Å². The monoisotopic (exact) mass is 366 g/mol. The number of ether oxygens (including phenoxy) is 5. The van der Waals surface area contributed by atoms with E-state index < -0.39 is 48.4 Å². The van der Waals surface area contributed by atoms with Gasteiger partial charge in [0.15, 0.2) is 12.1 Å². The number of fused-ring (bicyclic) bond motifs is 1. The van der Waals surface area contributed by atoms with Crippen LogP contribution in [0.4, 0.5) is 0 Å². The first kappa shape index (κ1) is 18.8. The molecule has 1 N–H and O–H groups in total. The molecule has 2 aliphatic rings. The molecule has 3 rings (SSSR count). The van der Waals surface area contributed by atoms with Gasteiger partial charge in [0.1, 0.15) is 18.3 Å². The summed E-state index contributed by atoms with van der Waals surface area (Å²) >= 11 is 0. The molecule has 0 radical (unpaired) electrons. The Bertz CT molecular complexity index is 658. The number of carboxylic acids is 1. The van der Waals surface area contributed by atoms with Gasteiger partial charge in [-0.2, -0.15) is 0 Å². The third kappa shape index (κ3) is 4.04. The van der Waals surface area contributed by atoms with Crippen LogP contribution in [0.1, 0.15) is 26.3 Å². The van der Waals surface area contributed by atoms with Crippen LogP contribution >= 0.6 is 0 Å². The van der Waals surface area contributed by atoms with Crippen molar-refractivity contribution in [2.75, 3.05) is 0 Å². The minimum Gasteiger partial charge on any atom is -0.478 e. The highest BCUT2D eigenvalue weighted by Crippen LogP contribution is 2.40. The van der Waals surface area contributed by atoms with Crippen LogP contribution in [0.25, 0.3) is 0 Å². The Kier molecular flexibility index (Phi) is 5.29. The summed E-state index contributed by atoms with van der Waals surface area (Å²) in [5.74, 6) is -2.92. The maximum absolute atomic E-state index is 11.6. The second-order valence-electron chi connectivity index (χ2n) is 6.70. The lowest BCUT2D eigenvalue weighted by atomic mass is 10.1. The fourth-order valence-corrected chi connectivity index (χ4v) is 3.14. The van der Waals surface area contributed by atoms with Crippen LogP contribution in [-0.4, -0.2) is 53.5 Å². The smallest absolute Gasteiger partial charge is 0.347 e. The van der Waals surface area contributed by atoms with Gasteiger partial charge in [-0.25, -0.2) is 4.79 Å². The van der Waals surface area contributed by atoms with E-state index in [1.54, 1.807) is 13.8 Å². The number of carbonyl (C=O) groups is 2. The quantitative estimate of drug-likeness (QED) is 0.756. The van der Waals surface area contributed by atoms with E-state index in [1.165, 1.54) is 0 Å². The van der Waals surface area contributed by atoms with Crippen LogP contribution in [0.5, 0.6) is 0 Å². The van der Waals surface area contributed by atoms with Gasteiger partial charge in [-0.05, 0) is 19.4 Å². The Balaban J connectivity index is 1.80. The van der Waals surface area contributed by atoms with Crippen molar-refractivity contribution in [1.82, 2.24) is 0 Å². The van der Waals surface area contributed by atoms with Crippen molar-refractivity contribution < 1.29 is 38.4 Å². The van der Waals surface area contributed by atoms with Crippen LogP contribution in [0.2, 0.25) is 0 Å². The SMILES string of the molecule is CC(=O)O[C@H](C(=O)O)[C@H]1O[C@@H]2OC(C)(C)O[C@@H]2[C@H]1OCc1ccccc1. The van der Waals surface area contributed by atoms with E-state index in [2.05, 4.69) is 0 Å². The molecule has 0 saturated carbocycles.